The molecule has 3 unspecified atom stereocenters. The molecule has 4 rings (SSSR count). The Morgan fingerprint density at radius 3 is 2.60 bits per heavy atom. The van der Waals surface area contributed by atoms with Crippen molar-refractivity contribution in [1.29, 1.82) is 0 Å². The van der Waals surface area contributed by atoms with E-state index in [0.29, 0.717) is 29.7 Å². The molecule has 0 amide bonds. The molecule has 132 valence electrons. The van der Waals surface area contributed by atoms with Gasteiger partial charge in [0.05, 0.1) is 26.3 Å². The normalized spacial score (nSPS) is 24.0. The Hall–Kier alpha value is -2.21. The minimum Gasteiger partial charge on any atom is -0.481 e. The molecule has 25 heavy (non-hydrogen) atoms. The van der Waals surface area contributed by atoms with Crippen molar-refractivity contribution in [2.45, 2.75) is 37.3 Å². The van der Waals surface area contributed by atoms with Crippen molar-refractivity contribution in [3.05, 3.63) is 34.9 Å². The van der Waals surface area contributed by atoms with E-state index in [1.807, 2.05) is 6.07 Å². The van der Waals surface area contributed by atoms with Gasteiger partial charge in [-0.2, -0.15) is 9.97 Å². The molecule has 1 fully saturated rings. The van der Waals surface area contributed by atoms with Gasteiger partial charge in [-0.05, 0) is 36.6 Å². The molecule has 0 spiro atoms. The Bertz CT molecular complexity index is 763. The lowest BCUT2D eigenvalue weighted by atomic mass is 9.79. The monoisotopic (exact) mass is 360 g/mol. The smallest absolute Gasteiger partial charge is 0.229 e. The predicted molar refractivity (Wildman–Crippen MR) is 98.0 cm³/mol. The van der Waals surface area contributed by atoms with E-state index in [0.717, 1.165) is 24.3 Å². The van der Waals surface area contributed by atoms with Gasteiger partial charge in [-0.3, -0.25) is 0 Å². The molecular formula is C18H21ClN4O2. The number of benzene rings is 1. The summed E-state index contributed by atoms with van der Waals surface area (Å²) >= 11 is 6.20. The van der Waals surface area contributed by atoms with Crippen molar-refractivity contribution < 1.29 is 9.47 Å². The summed E-state index contributed by atoms with van der Waals surface area (Å²) in [5.41, 5.74) is 2.49. The van der Waals surface area contributed by atoms with E-state index >= 15 is 0 Å². The number of nitrogens with zero attached hydrogens (tertiary/aromatic N) is 2. The van der Waals surface area contributed by atoms with Crippen LogP contribution in [0.3, 0.4) is 0 Å². The molecule has 7 heteroatoms. The summed E-state index contributed by atoms with van der Waals surface area (Å²) in [4.78, 5) is 8.80. The molecule has 2 aromatic rings. The maximum Gasteiger partial charge on any atom is 0.229 e. The number of nitrogens with one attached hydrogen (secondary N) is 2. The van der Waals surface area contributed by atoms with Crippen LogP contribution in [0, 0.1) is 0 Å². The summed E-state index contributed by atoms with van der Waals surface area (Å²) in [6, 6.07) is 8.27. The van der Waals surface area contributed by atoms with Gasteiger partial charge in [0.15, 0.2) is 0 Å². The summed E-state index contributed by atoms with van der Waals surface area (Å²) in [5.74, 6) is 1.94. The van der Waals surface area contributed by atoms with Gasteiger partial charge >= 0.3 is 0 Å². The van der Waals surface area contributed by atoms with E-state index in [4.69, 9.17) is 21.1 Å². The zero-order chi connectivity index (χ0) is 17.4. The van der Waals surface area contributed by atoms with Gasteiger partial charge in [-0.25, -0.2) is 0 Å². The van der Waals surface area contributed by atoms with Crippen molar-refractivity contribution in [3.8, 4) is 11.8 Å². The summed E-state index contributed by atoms with van der Waals surface area (Å²) < 4.78 is 10.5. The summed E-state index contributed by atoms with van der Waals surface area (Å²) in [7, 11) is 3.17. The van der Waals surface area contributed by atoms with Crippen molar-refractivity contribution in [2.75, 3.05) is 24.9 Å². The van der Waals surface area contributed by atoms with Gasteiger partial charge in [0, 0.05) is 22.7 Å². The summed E-state index contributed by atoms with van der Waals surface area (Å²) in [6.07, 6.45) is 3.36. The number of hydrogen-bond acceptors (Lipinski definition) is 6. The molecule has 1 saturated carbocycles. The largest absolute Gasteiger partial charge is 0.481 e. The van der Waals surface area contributed by atoms with Crippen LogP contribution in [-0.2, 0) is 0 Å². The Balaban J connectivity index is 1.58. The van der Waals surface area contributed by atoms with Crippen LogP contribution in [0.2, 0.25) is 5.02 Å². The molecule has 1 aliphatic heterocycles. The van der Waals surface area contributed by atoms with Crippen molar-refractivity contribution in [3.63, 3.8) is 0 Å². The second-order valence-electron chi connectivity index (χ2n) is 6.47. The standard InChI is InChI=1S/C18H21ClN4O2/c1-24-15-9-16(25-2)23-18(22-15)21-14-5-3-4-11-12-8-10(19)6-7-13(12)20-17(11)14/h6-9,11,14,17,20H,3-5H2,1-2H3,(H,21,22,23). The van der Waals surface area contributed by atoms with E-state index in [1.54, 1.807) is 20.3 Å². The van der Waals surface area contributed by atoms with Gasteiger partial charge in [0.25, 0.3) is 0 Å². The van der Waals surface area contributed by atoms with Crippen LogP contribution in [0.4, 0.5) is 11.6 Å². The molecule has 1 aromatic heterocycles. The minimum atomic E-state index is 0.224. The summed E-state index contributed by atoms with van der Waals surface area (Å²) in [6.45, 7) is 0. The van der Waals surface area contributed by atoms with Crippen LogP contribution < -0.4 is 20.1 Å². The molecule has 2 aliphatic rings. The molecular weight excluding hydrogens is 340 g/mol. The van der Waals surface area contributed by atoms with Crippen LogP contribution in [0.15, 0.2) is 24.3 Å². The van der Waals surface area contributed by atoms with Gasteiger partial charge < -0.3 is 20.1 Å². The fourth-order valence-corrected chi connectivity index (χ4v) is 4.08. The first kappa shape index (κ1) is 16.3. The molecule has 2 heterocycles. The van der Waals surface area contributed by atoms with Crippen molar-refractivity contribution in [1.82, 2.24) is 9.97 Å². The number of fused-ring (bicyclic) bond motifs is 3. The van der Waals surface area contributed by atoms with Crippen LogP contribution in [0.1, 0.15) is 30.7 Å². The SMILES string of the molecule is COc1cc(OC)nc(NC2CCCC3c4cc(Cl)ccc4NC23)n1. The van der Waals surface area contributed by atoms with E-state index in [1.165, 1.54) is 11.3 Å². The number of anilines is 2. The molecule has 0 bridgehead atoms. The Labute approximate surface area is 151 Å². The topological polar surface area (TPSA) is 68.3 Å². The third-order valence-corrected chi connectivity index (χ3v) is 5.28. The first-order chi connectivity index (χ1) is 12.2. The maximum absolute atomic E-state index is 6.20. The van der Waals surface area contributed by atoms with Gasteiger partial charge in [-0.15, -0.1) is 0 Å². The molecule has 2 N–H and O–H groups in total. The highest BCUT2D eigenvalue weighted by Gasteiger charge is 2.40. The van der Waals surface area contributed by atoms with Gasteiger partial charge in [-0.1, -0.05) is 18.0 Å². The number of methoxy groups -OCH3 is 2. The fraction of sp³-hybridized carbons (Fsp3) is 0.444. The minimum absolute atomic E-state index is 0.224. The molecule has 1 aliphatic carbocycles. The number of halogens is 1. The fourth-order valence-electron chi connectivity index (χ4n) is 3.90. The van der Waals surface area contributed by atoms with Crippen LogP contribution in [-0.4, -0.2) is 36.3 Å². The molecule has 1 aromatic carbocycles. The second kappa shape index (κ2) is 6.59. The van der Waals surface area contributed by atoms with Crippen LogP contribution in [0.5, 0.6) is 11.8 Å². The lowest BCUT2D eigenvalue weighted by Crippen LogP contribution is -2.43. The predicted octanol–water partition coefficient (Wildman–Crippen LogP) is 3.69. The van der Waals surface area contributed by atoms with Crippen LogP contribution in [0.25, 0.3) is 0 Å². The number of rotatable bonds is 4. The lowest BCUT2D eigenvalue weighted by Gasteiger charge is -2.34. The third kappa shape index (κ3) is 3.06. The van der Waals surface area contributed by atoms with E-state index in [-0.39, 0.29) is 6.04 Å². The summed E-state index contributed by atoms with van der Waals surface area (Å²) in [5, 5.41) is 7.91. The maximum atomic E-state index is 6.20. The van der Waals surface area contributed by atoms with Crippen LogP contribution >= 0.6 is 11.6 Å². The van der Waals surface area contributed by atoms with E-state index in [2.05, 4.69) is 32.7 Å². The van der Waals surface area contributed by atoms with Gasteiger partial charge in [0.2, 0.25) is 17.7 Å². The van der Waals surface area contributed by atoms with Crippen molar-refractivity contribution in [2.24, 2.45) is 0 Å². The Kier molecular flexibility index (Phi) is 4.29. The highest BCUT2D eigenvalue weighted by Crippen LogP contribution is 2.45. The molecule has 0 radical (unpaired) electrons. The molecule has 0 saturated heterocycles. The Morgan fingerprint density at radius 1 is 1.12 bits per heavy atom. The average Bonchev–Trinajstić information content (AvgIpc) is 3.00. The third-order valence-electron chi connectivity index (χ3n) is 5.04. The lowest BCUT2D eigenvalue weighted by molar-refractivity contribution is 0.368. The average molecular weight is 361 g/mol. The van der Waals surface area contributed by atoms with Crippen molar-refractivity contribution >= 4 is 23.2 Å². The highest BCUT2D eigenvalue weighted by atomic mass is 35.5. The molecule has 3 atom stereocenters. The zero-order valence-electron chi connectivity index (χ0n) is 14.3. The quantitative estimate of drug-likeness (QED) is 0.866. The zero-order valence-corrected chi connectivity index (χ0v) is 15.0. The van der Waals surface area contributed by atoms with Gasteiger partial charge in [0.1, 0.15) is 0 Å². The number of hydrogen-bond donors (Lipinski definition) is 2. The second-order valence-corrected chi connectivity index (χ2v) is 6.90. The Morgan fingerprint density at radius 2 is 1.88 bits per heavy atom. The van der Waals surface area contributed by atoms with E-state index in [9.17, 15) is 0 Å². The number of ether oxygens (including phenoxy) is 2. The van der Waals surface area contributed by atoms with E-state index < -0.39 is 0 Å². The first-order valence-corrected chi connectivity index (χ1v) is 8.85. The highest BCUT2D eigenvalue weighted by molar-refractivity contribution is 6.30. The first-order valence-electron chi connectivity index (χ1n) is 8.47. The molecule has 6 nitrogen and oxygen atoms in total. The number of aromatic nitrogens is 2.